The van der Waals surface area contributed by atoms with Crippen molar-refractivity contribution in [3.63, 3.8) is 0 Å². The predicted octanol–water partition coefficient (Wildman–Crippen LogP) is 3.55. The maximum absolute atomic E-state index is 12.8. The highest BCUT2D eigenvalue weighted by atomic mass is 16.5. The number of aromatic nitrogens is 5. The Morgan fingerprint density at radius 2 is 2.03 bits per heavy atom. The standard InChI is InChI=1S/C23H29N5O2/c1-14-10-16(11-17-5-3-4-15(2)25-17)12-19(14)21-26-22-20(23(29)27-21)13-24-28(22)18-6-8-30-9-7-18/h3-5,13-14,16,18-19H,6-12H2,1-2H3,(H,26,27,29)/t14-,16?,19-/m1/s1. The number of aromatic amines is 1. The normalized spacial score (nSPS) is 25.2. The van der Waals surface area contributed by atoms with Gasteiger partial charge in [-0.3, -0.25) is 9.78 Å². The van der Waals surface area contributed by atoms with Gasteiger partial charge in [-0.1, -0.05) is 13.0 Å². The molecule has 1 aliphatic carbocycles. The quantitative estimate of drug-likeness (QED) is 0.715. The van der Waals surface area contributed by atoms with Crippen LogP contribution in [0.2, 0.25) is 0 Å². The van der Waals surface area contributed by atoms with E-state index in [1.54, 1.807) is 6.20 Å². The van der Waals surface area contributed by atoms with Gasteiger partial charge in [0.25, 0.3) is 5.56 Å². The highest BCUT2D eigenvalue weighted by molar-refractivity contribution is 5.73. The summed E-state index contributed by atoms with van der Waals surface area (Å²) < 4.78 is 7.43. The Hall–Kier alpha value is -2.54. The number of rotatable bonds is 4. The Kier molecular flexibility index (Phi) is 5.15. The van der Waals surface area contributed by atoms with E-state index in [-0.39, 0.29) is 17.5 Å². The van der Waals surface area contributed by atoms with Crippen LogP contribution in [0.5, 0.6) is 0 Å². The maximum Gasteiger partial charge on any atom is 0.262 e. The molecule has 1 N–H and O–H groups in total. The van der Waals surface area contributed by atoms with Crippen molar-refractivity contribution in [3.8, 4) is 0 Å². The van der Waals surface area contributed by atoms with E-state index in [2.05, 4.69) is 34.1 Å². The second-order valence-corrected chi connectivity index (χ2v) is 9.02. The van der Waals surface area contributed by atoms with Gasteiger partial charge in [-0.25, -0.2) is 9.67 Å². The Bertz CT molecular complexity index is 1100. The zero-order valence-electron chi connectivity index (χ0n) is 17.7. The molecule has 0 spiro atoms. The molecule has 0 bridgehead atoms. The lowest BCUT2D eigenvalue weighted by Crippen LogP contribution is -2.22. The van der Waals surface area contributed by atoms with Gasteiger partial charge in [0, 0.05) is 30.5 Å². The van der Waals surface area contributed by atoms with Crippen molar-refractivity contribution in [3.05, 3.63) is 52.0 Å². The summed E-state index contributed by atoms with van der Waals surface area (Å²) >= 11 is 0. The Morgan fingerprint density at radius 3 is 2.83 bits per heavy atom. The Balaban J connectivity index is 1.42. The molecule has 7 nitrogen and oxygen atoms in total. The molecule has 2 fully saturated rings. The minimum absolute atomic E-state index is 0.0793. The first kappa shape index (κ1) is 19.4. The topological polar surface area (TPSA) is 85.7 Å². The molecule has 1 unspecified atom stereocenters. The van der Waals surface area contributed by atoms with Gasteiger partial charge < -0.3 is 9.72 Å². The molecule has 2 aliphatic rings. The number of pyridine rings is 1. The molecule has 3 aromatic rings. The summed E-state index contributed by atoms with van der Waals surface area (Å²) in [5, 5.41) is 5.10. The van der Waals surface area contributed by atoms with Crippen molar-refractivity contribution in [2.24, 2.45) is 11.8 Å². The van der Waals surface area contributed by atoms with Gasteiger partial charge in [0.1, 0.15) is 11.2 Å². The largest absolute Gasteiger partial charge is 0.381 e. The van der Waals surface area contributed by atoms with E-state index in [4.69, 9.17) is 9.72 Å². The van der Waals surface area contributed by atoms with Crippen molar-refractivity contribution in [2.75, 3.05) is 13.2 Å². The molecule has 7 heteroatoms. The first-order valence-corrected chi connectivity index (χ1v) is 11.1. The second kappa shape index (κ2) is 7.95. The van der Waals surface area contributed by atoms with Gasteiger partial charge in [-0.05, 0) is 63.0 Å². The summed E-state index contributed by atoms with van der Waals surface area (Å²) in [5.74, 6) is 2.10. The number of nitrogens with zero attached hydrogens (tertiary/aromatic N) is 4. The van der Waals surface area contributed by atoms with E-state index < -0.39 is 0 Å². The molecule has 0 radical (unpaired) electrons. The van der Waals surface area contributed by atoms with Crippen LogP contribution in [-0.4, -0.2) is 37.9 Å². The van der Waals surface area contributed by atoms with Crippen LogP contribution in [0.25, 0.3) is 11.0 Å². The van der Waals surface area contributed by atoms with Crippen molar-refractivity contribution in [2.45, 2.75) is 57.9 Å². The number of hydrogen-bond donors (Lipinski definition) is 1. The van der Waals surface area contributed by atoms with Gasteiger partial charge in [0.05, 0.1) is 12.2 Å². The highest BCUT2D eigenvalue weighted by Crippen LogP contribution is 2.43. The second-order valence-electron chi connectivity index (χ2n) is 9.02. The summed E-state index contributed by atoms with van der Waals surface area (Å²) in [7, 11) is 0. The molecule has 3 aromatic heterocycles. The minimum atomic E-state index is -0.0793. The van der Waals surface area contributed by atoms with E-state index in [1.165, 1.54) is 0 Å². The van der Waals surface area contributed by atoms with Gasteiger partial charge in [0.15, 0.2) is 5.65 Å². The number of aryl methyl sites for hydroxylation is 1. The van der Waals surface area contributed by atoms with Crippen molar-refractivity contribution >= 4 is 11.0 Å². The van der Waals surface area contributed by atoms with Crippen LogP contribution < -0.4 is 5.56 Å². The first-order valence-electron chi connectivity index (χ1n) is 11.1. The fraction of sp³-hybridized carbons (Fsp3) is 0.565. The molecule has 0 amide bonds. The van der Waals surface area contributed by atoms with E-state index in [0.717, 1.165) is 68.2 Å². The van der Waals surface area contributed by atoms with Gasteiger partial charge >= 0.3 is 0 Å². The van der Waals surface area contributed by atoms with E-state index in [1.807, 2.05) is 17.7 Å². The third-order valence-corrected chi connectivity index (χ3v) is 6.79. The average molecular weight is 408 g/mol. The molecule has 3 atom stereocenters. The summed E-state index contributed by atoms with van der Waals surface area (Å²) in [4.78, 5) is 25.5. The van der Waals surface area contributed by atoms with Crippen molar-refractivity contribution in [1.82, 2.24) is 24.7 Å². The van der Waals surface area contributed by atoms with Crippen LogP contribution in [0.15, 0.2) is 29.2 Å². The van der Waals surface area contributed by atoms with Crippen LogP contribution >= 0.6 is 0 Å². The third-order valence-electron chi connectivity index (χ3n) is 6.79. The summed E-state index contributed by atoms with van der Waals surface area (Å²) in [6, 6.07) is 6.48. The summed E-state index contributed by atoms with van der Waals surface area (Å²) in [5.41, 5.74) is 2.86. The van der Waals surface area contributed by atoms with Gasteiger partial charge in [-0.15, -0.1) is 0 Å². The van der Waals surface area contributed by atoms with E-state index >= 15 is 0 Å². The fourth-order valence-electron chi connectivity index (χ4n) is 5.26. The van der Waals surface area contributed by atoms with Crippen molar-refractivity contribution < 1.29 is 4.74 Å². The third kappa shape index (κ3) is 3.67. The van der Waals surface area contributed by atoms with Gasteiger partial charge in [-0.2, -0.15) is 5.10 Å². The molecule has 5 rings (SSSR count). The number of fused-ring (bicyclic) bond motifs is 1. The molecule has 4 heterocycles. The number of H-pyrrole nitrogens is 1. The van der Waals surface area contributed by atoms with Crippen LogP contribution in [0.3, 0.4) is 0 Å². The van der Waals surface area contributed by atoms with E-state index in [0.29, 0.717) is 17.2 Å². The molecular formula is C23H29N5O2. The maximum atomic E-state index is 12.8. The zero-order valence-corrected chi connectivity index (χ0v) is 17.7. The van der Waals surface area contributed by atoms with Crippen LogP contribution in [0.1, 0.15) is 61.8 Å². The van der Waals surface area contributed by atoms with Crippen molar-refractivity contribution in [1.29, 1.82) is 0 Å². The molecule has 1 saturated heterocycles. The molecule has 0 aromatic carbocycles. The van der Waals surface area contributed by atoms with Crippen LogP contribution in [0, 0.1) is 18.8 Å². The summed E-state index contributed by atoms with van der Waals surface area (Å²) in [6.45, 7) is 5.77. The van der Waals surface area contributed by atoms with Crippen LogP contribution in [0.4, 0.5) is 0 Å². The lowest BCUT2D eigenvalue weighted by Gasteiger charge is -2.23. The fourth-order valence-corrected chi connectivity index (χ4v) is 5.26. The Labute approximate surface area is 175 Å². The lowest BCUT2D eigenvalue weighted by molar-refractivity contribution is 0.0673. The molecule has 1 aliphatic heterocycles. The smallest absolute Gasteiger partial charge is 0.262 e. The monoisotopic (exact) mass is 407 g/mol. The Morgan fingerprint density at radius 1 is 1.20 bits per heavy atom. The van der Waals surface area contributed by atoms with Gasteiger partial charge in [0.2, 0.25) is 0 Å². The summed E-state index contributed by atoms with van der Waals surface area (Å²) in [6.07, 6.45) is 6.61. The predicted molar refractivity (Wildman–Crippen MR) is 115 cm³/mol. The SMILES string of the molecule is Cc1cccc(CC2C[C@@H](C)[C@H](c3nc4c(cnn4C4CCOCC4)c(=O)[nH]3)C2)n1. The minimum Gasteiger partial charge on any atom is -0.381 e. The average Bonchev–Trinajstić information content (AvgIpc) is 3.32. The lowest BCUT2D eigenvalue weighted by atomic mass is 9.97. The molecular weight excluding hydrogens is 378 g/mol. The van der Waals surface area contributed by atoms with E-state index in [9.17, 15) is 4.79 Å². The molecule has 1 saturated carbocycles. The number of hydrogen-bond acceptors (Lipinski definition) is 5. The zero-order chi connectivity index (χ0) is 20.7. The highest BCUT2D eigenvalue weighted by Gasteiger charge is 2.35. The first-order chi connectivity index (χ1) is 14.6. The van der Waals surface area contributed by atoms with Crippen LogP contribution in [-0.2, 0) is 11.2 Å². The number of nitrogens with one attached hydrogen (secondary N) is 1. The molecule has 158 valence electrons. The number of ether oxygens (including phenoxy) is 1. The molecule has 30 heavy (non-hydrogen) atoms.